The maximum Gasteiger partial charge on any atom is 0.255 e. The van der Waals surface area contributed by atoms with Crippen molar-refractivity contribution in [1.29, 1.82) is 0 Å². The number of nitrogens with zero attached hydrogens (tertiary/aromatic N) is 3. The standard InChI is InChI=1S/C20H24ClN3O2/c1-14-12-17(15(2)22(14)3)19(25)13-23-8-10-24(11-9-23)20(26)16-6-4-5-7-18(16)21/h4-7,12H,8-11,13H2,1-3H3. The van der Waals surface area contributed by atoms with Crippen molar-refractivity contribution >= 4 is 23.3 Å². The molecule has 1 fully saturated rings. The van der Waals surface area contributed by atoms with Gasteiger partial charge in [-0.05, 0) is 32.0 Å². The van der Waals surface area contributed by atoms with Crippen molar-refractivity contribution < 1.29 is 9.59 Å². The first-order valence-corrected chi connectivity index (χ1v) is 9.18. The number of rotatable bonds is 4. The van der Waals surface area contributed by atoms with Gasteiger partial charge in [0.05, 0.1) is 17.1 Å². The molecule has 26 heavy (non-hydrogen) atoms. The van der Waals surface area contributed by atoms with E-state index in [1.54, 1.807) is 17.0 Å². The molecule has 0 atom stereocenters. The number of ketones is 1. The first-order valence-electron chi connectivity index (χ1n) is 8.80. The normalized spacial score (nSPS) is 15.3. The highest BCUT2D eigenvalue weighted by Gasteiger charge is 2.25. The third kappa shape index (κ3) is 3.69. The zero-order valence-corrected chi connectivity index (χ0v) is 16.2. The predicted octanol–water partition coefficient (Wildman–Crippen LogP) is 2.94. The predicted molar refractivity (Wildman–Crippen MR) is 103 cm³/mol. The maximum absolute atomic E-state index is 12.6. The number of hydrogen-bond acceptors (Lipinski definition) is 3. The van der Waals surface area contributed by atoms with E-state index >= 15 is 0 Å². The number of Topliss-reactive ketones (excluding diaryl/α,β-unsaturated/α-hetero) is 1. The van der Waals surface area contributed by atoms with Gasteiger partial charge in [-0.1, -0.05) is 23.7 Å². The molecule has 2 heterocycles. The lowest BCUT2D eigenvalue weighted by molar-refractivity contribution is 0.0624. The number of aryl methyl sites for hydroxylation is 1. The van der Waals surface area contributed by atoms with Gasteiger partial charge in [0, 0.05) is 50.2 Å². The van der Waals surface area contributed by atoms with Crippen LogP contribution in [-0.2, 0) is 7.05 Å². The van der Waals surface area contributed by atoms with Gasteiger partial charge >= 0.3 is 0 Å². The van der Waals surface area contributed by atoms with E-state index in [-0.39, 0.29) is 11.7 Å². The second kappa shape index (κ2) is 7.64. The van der Waals surface area contributed by atoms with Crippen LogP contribution in [-0.4, -0.2) is 58.8 Å². The lowest BCUT2D eigenvalue weighted by atomic mass is 10.1. The number of piperazine rings is 1. The fraction of sp³-hybridized carbons (Fsp3) is 0.400. The molecule has 6 heteroatoms. The van der Waals surface area contributed by atoms with Crippen molar-refractivity contribution in [1.82, 2.24) is 14.4 Å². The first-order chi connectivity index (χ1) is 12.4. The summed E-state index contributed by atoms with van der Waals surface area (Å²) >= 11 is 6.13. The molecule has 0 bridgehead atoms. The number of carbonyl (C=O) groups is 2. The summed E-state index contributed by atoms with van der Waals surface area (Å²) in [4.78, 5) is 29.2. The topological polar surface area (TPSA) is 45.6 Å². The summed E-state index contributed by atoms with van der Waals surface area (Å²) in [5.74, 6) is 0.0909. The van der Waals surface area contributed by atoms with Crippen LogP contribution in [0.3, 0.4) is 0 Å². The van der Waals surface area contributed by atoms with E-state index in [2.05, 4.69) is 4.90 Å². The summed E-state index contributed by atoms with van der Waals surface area (Å²) in [5, 5.41) is 0.477. The number of carbonyl (C=O) groups excluding carboxylic acids is 2. The van der Waals surface area contributed by atoms with Crippen LogP contribution < -0.4 is 0 Å². The van der Waals surface area contributed by atoms with E-state index in [1.807, 2.05) is 43.7 Å². The summed E-state index contributed by atoms with van der Waals surface area (Å²) < 4.78 is 2.04. The second-order valence-electron chi connectivity index (χ2n) is 6.82. The average Bonchev–Trinajstić information content (AvgIpc) is 2.90. The molecule has 0 unspecified atom stereocenters. The number of benzene rings is 1. The minimum absolute atomic E-state index is 0.0453. The molecule has 1 amide bonds. The highest BCUT2D eigenvalue weighted by Crippen LogP contribution is 2.19. The summed E-state index contributed by atoms with van der Waals surface area (Å²) in [5.41, 5.74) is 3.41. The van der Waals surface area contributed by atoms with Gasteiger partial charge in [0.15, 0.2) is 5.78 Å². The van der Waals surface area contributed by atoms with Crippen molar-refractivity contribution in [3.05, 3.63) is 57.9 Å². The molecule has 1 saturated heterocycles. The van der Waals surface area contributed by atoms with E-state index in [4.69, 9.17) is 11.6 Å². The molecule has 0 saturated carbocycles. The van der Waals surface area contributed by atoms with Crippen LogP contribution >= 0.6 is 11.6 Å². The van der Waals surface area contributed by atoms with Crippen molar-refractivity contribution in [3.63, 3.8) is 0 Å². The molecule has 1 aliphatic heterocycles. The largest absolute Gasteiger partial charge is 0.351 e. The molecule has 2 aromatic rings. The Morgan fingerprint density at radius 3 is 2.27 bits per heavy atom. The Morgan fingerprint density at radius 2 is 1.69 bits per heavy atom. The Kier molecular flexibility index (Phi) is 5.49. The van der Waals surface area contributed by atoms with Crippen LogP contribution in [0.25, 0.3) is 0 Å². The van der Waals surface area contributed by atoms with Crippen molar-refractivity contribution in [2.75, 3.05) is 32.7 Å². The van der Waals surface area contributed by atoms with Crippen LogP contribution in [0.2, 0.25) is 5.02 Å². The van der Waals surface area contributed by atoms with Gasteiger partial charge in [-0.3, -0.25) is 14.5 Å². The van der Waals surface area contributed by atoms with Crippen molar-refractivity contribution in [2.24, 2.45) is 7.05 Å². The third-order valence-corrected chi connectivity index (χ3v) is 5.54. The number of aromatic nitrogens is 1. The fourth-order valence-corrected chi connectivity index (χ4v) is 3.56. The third-order valence-electron chi connectivity index (χ3n) is 5.21. The Hall–Kier alpha value is -2.11. The summed E-state index contributed by atoms with van der Waals surface area (Å²) in [6.45, 7) is 6.94. The van der Waals surface area contributed by atoms with Gasteiger partial charge in [-0.15, -0.1) is 0 Å². The Labute approximate surface area is 159 Å². The zero-order chi connectivity index (χ0) is 18.8. The Morgan fingerprint density at radius 1 is 1.04 bits per heavy atom. The van der Waals surface area contributed by atoms with Crippen LogP contribution in [0, 0.1) is 13.8 Å². The minimum Gasteiger partial charge on any atom is -0.351 e. The molecule has 0 aliphatic carbocycles. The van der Waals surface area contributed by atoms with Gasteiger partial charge in [0.2, 0.25) is 0 Å². The van der Waals surface area contributed by atoms with Gasteiger partial charge in [-0.25, -0.2) is 0 Å². The quantitative estimate of drug-likeness (QED) is 0.774. The summed E-state index contributed by atoms with van der Waals surface area (Å²) in [6, 6.07) is 9.07. The molecular formula is C20H24ClN3O2. The monoisotopic (exact) mass is 373 g/mol. The minimum atomic E-state index is -0.0453. The second-order valence-corrected chi connectivity index (χ2v) is 7.22. The van der Waals surface area contributed by atoms with E-state index in [0.29, 0.717) is 43.3 Å². The molecule has 1 aromatic carbocycles. The smallest absolute Gasteiger partial charge is 0.255 e. The number of amides is 1. The summed E-state index contributed by atoms with van der Waals surface area (Å²) in [6.07, 6.45) is 0. The highest BCUT2D eigenvalue weighted by atomic mass is 35.5. The van der Waals surface area contributed by atoms with Crippen LogP contribution in [0.4, 0.5) is 0 Å². The molecular weight excluding hydrogens is 350 g/mol. The molecule has 0 N–H and O–H groups in total. The molecule has 1 aliphatic rings. The Balaban J connectivity index is 1.58. The molecule has 5 nitrogen and oxygen atoms in total. The zero-order valence-electron chi connectivity index (χ0n) is 15.5. The van der Waals surface area contributed by atoms with Crippen LogP contribution in [0.5, 0.6) is 0 Å². The fourth-order valence-electron chi connectivity index (χ4n) is 3.34. The lowest BCUT2D eigenvalue weighted by Crippen LogP contribution is -2.50. The molecule has 138 valence electrons. The highest BCUT2D eigenvalue weighted by molar-refractivity contribution is 6.33. The van der Waals surface area contributed by atoms with Crippen molar-refractivity contribution in [3.8, 4) is 0 Å². The van der Waals surface area contributed by atoms with Crippen LogP contribution in [0.15, 0.2) is 30.3 Å². The van der Waals surface area contributed by atoms with Gasteiger partial charge in [0.25, 0.3) is 5.91 Å². The van der Waals surface area contributed by atoms with Crippen molar-refractivity contribution in [2.45, 2.75) is 13.8 Å². The number of halogens is 1. The molecule has 0 radical (unpaired) electrons. The van der Waals surface area contributed by atoms with Gasteiger partial charge in [0.1, 0.15) is 0 Å². The SMILES string of the molecule is Cc1cc(C(=O)CN2CCN(C(=O)c3ccccc3Cl)CC2)c(C)n1C. The average molecular weight is 374 g/mol. The van der Waals surface area contributed by atoms with E-state index < -0.39 is 0 Å². The maximum atomic E-state index is 12.6. The van der Waals surface area contributed by atoms with Crippen LogP contribution in [0.1, 0.15) is 32.1 Å². The molecule has 1 aromatic heterocycles. The molecule has 0 spiro atoms. The van der Waals surface area contributed by atoms with Gasteiger partial charge < -0.3 is 9.47 Å². The van der Waals surface area contributed by atoms with Gasteiger partial charge in [-0.2, -0.15) is 0 Å². The van der Waals surface area contributed by atoms with E-state index in [1.165, 1.54) is 0 Å². The molecule has 3 rings (SSSR count). The lowest BCUT2D eigenvalue weighted by Gasteiger charge is -2.34. The van der Waals surface area contributed by atoms with E-state index in [0.717, 1.165) is 17.0 Å². The van der Waals surface area contributed by atoms with E-state index in [9.17, 15) is 9.59 Å². The Bertz CT molecular complexity index is 836. The summed E-state index contributed by atoms with van der Waals surface area (Å²) in [7, 11) is 1.97. The first kappa shape index (κ1) is 18.7. The number of hydrogen-bond donors (Lipinski definition) is 0.